The van der Waals surface area contributed by atoms with Crippen LogP contribution in [-0.2, 0) is 4.79 Å². The first-order chi connectivity index (χ1) is 9.19. The van der Waals surface area contributed by atoms with E-state index in [4.69, 9.17) is 4.74 Å². The summed E-state index contributed by atoms with van der Waals surface area (Å²) in [7, 11) is 1.45. The molecule has 0 atom stereocenters. The van der Waals surface area contributed by atoms with E-state index >= 15 is 0 Å². The van der Waals surface area contributed by atoms with Crippen molar-refractivity contribution in [2.24, 2.45) is 0 Å². The van der Waals surface area contributed by atoms with Crippen LogP contribution >= 0.6 is 0 Å². The van der Waals surface area contributed by atoms with Gasteiger partial charge in [-0.15, -0.1) is 0 Å². The number of amides is 1. The van der Waals surface area contributed by atoms with Gasteiger partial charge in [-0.3, -0.25) is 4.79 Å². The van der Waals surface area contributed by atoms with E-state index in [1.54, 1.807) is 0 Å². The van der Waals surface area contributed by atoms with Crippen LogP contribution in [0.25, 0.3) is 0 Å². The number of hydrogen-bond donors (Lipinski definition) is 2. The van der Waals surface area contributed by atoms with Gasteiger partial charge in [-0.05, 0) is 25.0 Å². The summed E-state index contributed by atoms with van der Waals surface area (Å²) in [6.07, 6.45) is 4.72. The van der Waals surface area contributed by atoms with E-state index in [-0.39, 0.29) is 18.3 Å². The van der Waals surface area contributed by atoms with Crippen molar-refractivity contribution in [1.29, 1.82) is 0 Å². The molecule has 2 N–H and O–H groups in total. The zero-order valence-corrected chi connectivity index (χ0v) is 11.0. The standard InChI is InChI=1S/C14H19FN2O2/c1-19-13-8-10(15)6-7-12(13)17-14(18)9-16-11-4-2-3-5-11/h6-8,11,16H,2-5,9H2,1H3,(H,17,18). The molecule has 1 fully saturated rings. The highest BCUT2D eigenvalue weighted by Gasteiger charge is 2.15. The highest BCUT2D eigenvalue weighted by Crippen LogP contribution is 2.24. The highest BCUT2D eigenvalue weighted by molar-refractivity contribution is 5.93. The molecule has 4 nitrogen and oxygen atoms in total. The second-order valence-corrected chi connectivity index (χ2v) is 4.76. The Bertz CT molecular complexity index is 445. The van der Waals surface area contributed by atoms with Gasteiger partial charge in [-0.1, -0.05) is 12.8 Å². The second-order valence-electron chi connectivity index (χ2n) is 4.76. The van der Waals surface area contributed by atoms with Crippen molar-refractivity contribution in [3.63, 3.8) is 0 Å². The van der Waals surface area contributed by atoms with Crippen LogP contribution in [0.2, 0.25) is 0 Å². The topological polar surface area (TPSA) is 50.4 Å². The quantitative estimate of drug-likeness (QED) is 0.860. The van der Waals surface area contributed by atoms with Gasteiger partial charge in [0.25, 0.3) is 0 Å². The molecule has 0 aliphatic heterocycles. The first-order valence-corrected chi connectivity index (χ1v) is 6.56. The molecule has 1 aromatic carbocycles. The Morgan fingerprint density at radius 3 is 2.84 bits per heavy atom. The van der Waals surface area contributed by atoms with Gasteiger partial charge in [0.2, 0.25) is 5.91 Å². The number of anilines is 1. The lowest BCUT2D eigenvalue weighted by atomic mass is 10.2. The fourth-order valence-corrected chi connectivity index (χ4v) is 2.33. The first kappa shape index (κ1) is 13.8. The van der Waals surface area contributed by atoms with Crippen LogP contribution in [0.15, 0.2) is 18.2 Å². The van der Waals surface area contributed by atoms with Crippen molar-refractivity contribution in [2.75, 3.05) is 19.0 Å². The minimum absolute atomic E-state index is 0.142. The molecule has 104 valence electrons. The van der Waals surface area contributed by atoms with Crippen LogP contribution in [0.5, 0.6) is 5.75 Å². The SMILES string of the molecule is COc1cc(F)ccc1NC(=O)CNC1CCCC1. The highest BCUT2D eigenvalue weighted by atomic mass is 19.1. The third kappa shape index (κ3) is 3.92. The fraction of sp³-hybridized carbons (Fsp3) is 0.500. The molecule has 0 radical (unpaired) electrons. The lowest BCUT2D eigenvalue weighted by molar-refractivity contribution is -0.115. The molecule has 0 unspecified atom stereocenters. The number of benzene rings is 1. The summed E-state index contributed by atoms with van der Waals surface area (Å²) in [5.74, 6) is -0.204. The van der Waals surface area contributed by atoms with Crippen LogP contribution in [0.4, 0.5) is 10.1 Å². The van der Waals surface area contributed by atoms with E-state index < -0.39 is 0 Å². The number of ether oxygens (including phenoxy) is 1. The summed E-state index contributed by atoms with van der Waals surface area (Å²) in [5.41, 5.74) is 0.488. The summed E-state index contributed by atoms with van der Waals surface area (Å²) in [6, 6.07) is 4.49. The van der Waals surface area contributed by atoms with E-state index in [1.165, 1.54) is 38.2 Å². The summed E-state index contributed by atoms with van der Waals surface area (Å²) >= 11 is 0. The van der Waals surface area contributed by atoms with Gasteiger partial charge in [0, 0.05) is 12.1 Å². The maximum atomic E-state index is 13.0. The van der Waals surface area contributed by atoms with E-state index in [0.29, 0.717) is 17.5 Å². The number of hydrogen-bond acceptors (Lipinski definition) is 3. The maximum Gasteiger partial charge on any atom is 0.238 e. The van der Waals surface area contributed by atoms with Crippen LogP contribution in [0.1, 0.15) is 25.7 Å². The smallest absolute Gasteiger partial charge is 0.238 e. The maximum absolute atomic E-state index is 13.0. The molecule has 0 heterocycles. The Hall–Kier alpha value is -1.62. The molecule has 1 amide bonds. The summed E-state index contributed by atoms with van der Waals surface area (Å²) in [4.78, 5) is 11.8. The number of carbonyl (C=O) groups excluding carboxylic acids is 1. The van der Waals surface area contributed by atoms with Gasteiger partial charge in [0.15, 0.2) is 0 Å². The normalized spacial score (nSPS) is 15.5. The average Bonchev–Trinajstić information content (AvgIpc) is 2.91. The number of rotatable bonds is 5. The molecule has 2 rings (SSSR count). The lowest BCUT2D eigenvalue weighted by Crippen LogP contribution is -2.34. The molecule has 1 aliphatic rings. The molecule has 19 heavy (non-hydrogen) atoms. The Balaban J connectivity index is 1.87. The fourth-order valence-electron chi connectivity index (χ4n) is 2.33. The van der Waals surface area contributed by atoms with Gasteiger partial charge in [-0.2, -0.15) is 0 Å². The van der Waals surface area contributed by atoms with Crippen molar-refractivity contribution in [3.05, 3.63) is 24.0 Å². The minimum Gasteiger partial charge on any atom is -0.494 e. The Kier molecular flexibility index (Phi) is 4.74. The van der Waals surface area contributed by atoms with Crippen molar-refractivity contribution >= 4 is 11.6 Å². The molecule has 0 spiro atoms. The van der Waals surface area contributed by atoms with Gasteiger partial charge < -0.3 is 15.4 Å². The van der Waals surface area contributed by atoms with Crippen LogP contribution in [0.3, 0.4) is 0 Å². The number of carbonyl (C=O) groups is 1. The molecule has 1 aromatic rings. The minimum atomic E-state index is -0.390. The largest absolute Gasteiger partial charge is 0.494 e. The van der Waals surface area contributed by atoms with Crippen molar-refractivity contribution in [1.82, 2.24) is 5.32 Å². The van der Waals surface area contributed by atoms with Crippen LogP contribution in [-0.4, -0.2) is 25.6 Å². The van der Waals surface area contributed by atoms with Gasteiger partial charge >= 0.3 is 0 Å². The second kappa shape index (κ2) is 6.52. The molecule has 1 saturated carbocycles. The predicted octanol–water partition coefficient (Wildman–Crippen LogP) is 2.30. The van der Waals surface area contributed by atoms with Gasteiger partial charge in [0.05, 0.1) is 19.3 Å². The Labute approximate surface area is 112 Å². The average molecular weight is 266 g/mol. The molecule has 0 saturated heterocycles. The Morgan fingerprint density at radius 1 is 1.42 bits per heavy atom. The number of halogens is 1. The zero-order valence-electron chi connectivity index (χ0n) is 11.0. The van der Waals surface area contributed by atoms with E-state index in [1.807, 2.05) is 0 Å². The number of methoxy groups -OCH3 is 1. The third-order valence-electron chi connectivity index (χ3n) is 3.34. The lowest BCUT2D eigenvalue weighted by Gasteiger charge is -2.13. The number of nitrogens with one attached hydrogen (secondary N) is 2. The van der Waals surface area contributed by atoms with E-state index in [0.717, 1.165) is 12.8 Å². The molecular weight excluding hydrogens is 247 g/mol. The molecule has 0 bridgehead atoms. The summed E-state index contributed by atoms with van der Waals surface area (Å²) in [5, 5.41) is 5.94. The van der Waals surface area contributed by atoms with E-state index in [9.17, 15) is 9.18 Å². The van der Waals surface area contributed by atoms with Crippen LogP contribution in [0, 0.1) is 5.82 Å². The first-order valence-electron chi connectivity index (χ1n) is 6.56. The van der Waals surface area contributed by atoms with Crippen LogP contribution < -0.4 is 15.4 Å². The van der Waals surface area contributed by atoms with Gasteiger partial charge in [0.1, 0.15) is 11.6 Å². The van der Waals surface area contributed by atoms with Crippen molar-refractivity contribution in [2.45, 2.75) is 31.7 Å². The monoisotopic (exact) mass is 266 g/mol. The Morgan fingerprint density at radius 2 is 2.16 bits per heavy atom. The van der Waals surface area contributed by atoms with E-state index in [2.05, 4.69) is 10.6 Å². The molecular formula is C14H19FN2O2. The zero-order chi connectivity index (χ0) is 13.7. The van der Waals surface area contributed by atoms with Crippen molar-refractivity contribution in [3.8, 4) is 5.75 Å². The predicted molar refractivity (Wildman–Crippen MR) is 71.8 cm³/mol. The third-order valence-corrected chi connectivity index (χ3v) is 3.34. The summed E-state index contributed by atoms with van der Waals surface area (Å²) in [6.45, 7) is 0.269. The molecule has 1 aliphatic carbocycles. The summed E-state index contributed by atoms with van der Waals surface area (Å²) < 4.78 is 18.0. The van der Waals surface area contributed by atoms with Gasteiger partial charge in [-0.25, -0.2) is 4.39 Å². The molecule has 0 aromatic heterocycles. The molecule has 5 heteroatoms. The van der Waals surface area contributed by atoms with Crippen molar-refractivity contribution < 1.29 is 13.9 Å².